The molecule has 0 radical (unpaired) electrons. The highest BCUT2D eigenvalue weighted by atomic mass is 32.2. The summed E-state index contributed by atoms with van der Waals surface area (Å²) in [7, 11) is 0. The molecule has 0 atom stereocenters. The Morgan fingerprint density at radius 3 is 2.38 bits per heavy atom. The van der Waals surface area contributed by atoms with E-state index in [1.807, 2.05) is 36.4 Å². The van der Waals surface area contributed by atoms with Gasteiger partial charge in [0.25, 0.3) is 5.22 Å². The van der Waals surface area contributed by atoms with E-state index in [1.165, 1.54) is 22.9 Å². The Hall–Kier alpha value is -3.13. The molecule has 3 aromatic rings. The third kappa shape index (κ3) is 5.97. The van der Waals surface area contributed by atoms with Crippen LogP contribution in [0.4, 0.5) is 0 Å². The van der Waals surface area contributed by atoms with Crippen molar-refractivity contribution in [2.45, 2.75) is 36.9 Å². The van der Waals surface area contributed by atoms with Crippen molar-refractivity contribution in [2.75, 3.05) is 18.8 Å². The zero-order chi connectivity index (χ0) is 22.2. The van der Waals surface area contributed by atoms with Gasteiger partial charge in [-0.1, -0.05) is 72.4 Å². The number of nitrogens with zero attached hydrogens (tertiary/aromatic N) is 3. The fourth-order valence-corrected chi connectivity index (χ4v) is 4.44. The van der Waals surface area contributed by atoms with Crippen LogP contribution in [-0.2, 0) is 16.1 Å². The van der Waals surface area contributed by atoms with Crippen LogP contribution in [0.2, 0.25) is 0 Å². The van der Waals surface area contributed by atoms with Crippen molar-refractivity contribution in [3.63, 3.8) is 0 Å². The van der Waals surface area contributed by atoms with Gasteiger partial charge in [-0.05, 0) is 24.0 Å². The van der Waals surface area contributed by atoms with Gasteiger partial charge in [-0.3, -0.25) is 9.59 Å². The van der Waals surface area contributed by atoms with Gasteiger partial charge >= 0.3 is 0 Å². The monoisotopic (exact) mass is 450 g/mol. The molecular weight excluding hydrogens is 424 g/mol. The molecular formula is C24H26N4O3S. The van der Waals surface area contributed by atoms with Crippen molar-refractivity contribution < 1.29 is 14.0 Å². The molecule has 1 aromatic heterocycles. The number of carbonyl (C=O) groups excluding carboxylic acids is 2. The van der Waals surface area contributed by atoms with E-state index in [2.05, 4.69) is 39.8 Å². The molecule has 0 spiro atoms. The third-order valence-corrected chi connectivity index (χ3v) is 6.25. The first-order valence-electron chi connectivity index (χ1n) is 10.8. The van der Waals surface area contributed by atoms with Crippen LogP contribution in [0.1, 0.15) is 42.2 Å². The summed E-state index contributed by atoms with van der Waals surface area (Å²) in [5.74, 6) is 0.852. The number of hydrogen-bond acceptors (Lipinski definition) is 6. The van der Waals surface area contributed by atoms with E-state index in [0.717, 1.165) is 19.4 Å². The van der Waals surface area contributed by atoms with Crippen molar-refractivity contribution in [2.24, 2.45) is 0 Å². The minimum atomic E-state index is -0.0793. The molecule has 1 aliphatic heterocycles. The predicted molar refractivity (Wildman–Crippen MR) is 122 cm³/mol. The van der Waals surface area contributed by atoms with Crippen molar-refractivity contribution in [1.82, 2.24) is 20.4 Å². The maximum Gasteiger partial charge on any atom is 0.277 e. The Morgan fingerprint density at radius 1 is 1.06 bits per heavy atom. The van der Waals surface area contributed by atoms with Crippen molar-refractivity contribution in [1.29, 1.82) is 0 Å². The average molecular weight is 451 g/mol. The SMILES string of the molecule is O=C(CSc1nnc(CN2CCCC2=O)o1)NCCC(c1ccccc1)c1ccccc1. The fourth-order valence-electron chi connectivity index (χ4n) is 3.83. The summed E-state index contributed by atoms with van der Waals surface area (Å²) < 4.78 is 5.57. The smallest absolute Gasteiger partial charge is 0.277 e. The van der Waals surface area contributed by atoms with E-state index < -0.39 is 0 Å². The Kier molecular flexibility index (Phi) is 7.55. The molecule has 2 aromatic carbocycles. The van der Waals surface area contributed by atoms with E-state index in [-0.39, 0.29) is 23.5 Å². The van der Waals surface area contributed by atoms with Crippen LogP contribution in [0.25, 0.3) is 0 Å². The number of benzene rings is 2. The number of likely N-dealkylation sites (tertiary alicyclic amines) is 1. The Labute approximate surface area is 191 Å². The third-order valence-electron chi connectivity index (χ3n) is 5.43. The summed E-state index contributed by atoms with van der Waals surface area (Å²) in [6.07, 6.45) is 2.24. The first-order chi connectivity index (χ1) is 15.7. The second-order valence-electron chi connectivity index (χ2n) is 7.68. The second-order valence-corrected chi connectivity index (χ2v) is 8.61. The molecule has 166 valence electrons. The fraction of sp³-hybridized carbons (Fsp3) is 0.333. The van der Waals surface area contributed by atoms with E-state index in [9.17, 15) is 9.59 Å². The lowest BCUT2D eigenvalue weighted by atomic mass is 9.88. The molecule has 4 rings (SSSR count). The van der Waals surface area contributed by atoms with E-state index in [0.29, 0.717) is 30.6 Å². The van der Waals surface area contributed by atoms with Crippen LogP contribution in [-0.4, -0.2) is 45.8 Å². The molecule has 0 bridgehead atoms. The van der Waals surface area contributed by atoms with Gasteiger partial charge in [0.1, 0.15) is 0 Å². The molecule has 1 aliphatic rings. The lowest BCUT2D eigenvalue weighted by molar-refractivity contribution is -0.128. The van der Waals surface area contributed by atoms with Crippen LogP contribution in [0, 0.1) is 0 Å². The highest BCUT2D eigenvalue weighted by Crippen LogP contribution is 2.27. The molecule has 8 heteroatoms. The summed E-state index contributed by atoms with van der Waals surface area (Å²) in [5, 5.41) is 11.3. The number of aromatic nitrogens is 2. The van der Waals surface area contributed by atoms with Gasteiger partial charge in [0, 0.05) is 25.4 Å². The highest BCUT2D eigenvalue weighted by molar-refractivity contribution is 7.99. The molecule has 32 heavy (non-hydrogen) atoms. The molecule has 7 nitrogen and oxygen atoms in total. The summed E-state index contributed by atoms with van der Waals surface area (Å²) in [4.78, 5) is 25.7. The number of hydrogen-bond donors (Lipinski definition) is 1. The van der Waals surface area contributed by atoms with Gasteiger partial charge in [-0.2, -0.15) is 0 Å². The van der Waals surface area contributed by atoms with E-state index >= 15 is 0 Å². The number of thioether (sulfide) groups is 1. The number of carbonyl (C=O) groups is 2. The van der Waals surface area contributed by atoms with Gasteiger partial charge in [0.15, 0.2) is 0 Å². The van der Waals surface area contributed by atoms with Crippen molar-refractivity contribution >= 4 is 23.6 Å². The number of amides is 2. The largest absolute Gasteiger partial charge is 0.414 e. The standard InChI is InChI=1S/C24H26N4O3S/c29-21(17-32-24-27-26-22(31-24)16-28-15-7-12-23(28)30)25-14-13-20(18-8-3-1-4-9-18)19-10-5-2-6-11-19/h1-6,8-11,20H,7,12-17H2,(H,25,29). The quantitative estimate of drug-likeness (QED) is 0.475. The van der Waals surface area contributed by atoms with Crippen LogP contribution in [0.5, 0.6) is 0 Å². The summed E-state index contributed by atoms with van der Waals surface area (Å²) >= 11 is 1.20. The maximum atomic E-state index is 12.3. The summed E-state index contributed by atoms with van der Waals surface area (Å²) in [6, 6.07) is 20.7. The molecule has 2 amide bonds. The molecule has 0 unspecified atom stereocenters. The van der Waals surface area contributed by atoms with Crippen molar-refractivity contribution in [3.8, 4) is 0 Å². The summed E-state index contributed by atoms with van der Waals surface area (Å²) in [5.41, 5.74) is 2.47. The number of rotatable bonds is 10. The normalized spacial score (nSPS) is 13.7. The Balaban J connectivity index is 1.24. The molecule has 1 N–H and O–H groups in total. The lowest BCUT2D eigenvalue weighted by Crippen LogP contribution is -2.27. The average Bonchev–Trinajstić information content (AvgIpc) is 3.45. The first kappa shape index (κ1) is 22.1. The van der Waals surface area contributed by atoms with Gasteiger partial charge in [0.05, 0.1) is 12.3 Å². The molecule has 2 heterocycles. The zero-order valence-electron chi connectivity index (χ0n) is 17.8. The summed E-state index contributed by atoms with van der Waals surface area (Å²) in [6.45, 7) is 1.62. The van der Waals surface area contributed by atoms with Gasteiger partial charge in [-0.15, -0.1) is 10.2 Å². The second kappa shape index (κ2) is 10.9. The Bertz CT molecular complexity index is 986. The molecule has 0 aliphatic carbocycles. The molecule has 1 fully saturated rings. The minimum Gasteiger partial charge on any atom is -0.414 e. The highest BCUT2D eigenvalue weighted by Gasteiger charge is 2.22. The number of nitrogens with one attached hydrogen (secondary N) is 1. The van der Waals surface area contributed by atoms with Crippen LogP contribution >= 0.6 is 11.8 Å². The van der Waals surface area contributed by atoms with Gasteiger partial charge in [0.2, 0.25) is 17.7 Å². The Morgan fingerprint density at radius 2 is 1.75 bits per heavy atom. The maximum absolute atomic E-state index is 12.3. The topological polar surface area (TPSA) is 88.3 Å². The van der Waals surface area contributed by atoms with Crippen LogP contribution in [0.3, 0.4) is 0 Å². The van der Waals surface area contributed by atoms with Crippen molar-refractivity contribution in [3.05, 3.63) is 77.7 Å². The predicted octanol–water partition coefficient (Wildman–Crippen LogP) is 3.62. The molecule has 1 saturated heterocycles. The zero-order valence-corrected chi connectivity index (χ0v) is 18.6. The first-order valence-corrected chi connectivity index (χ1v) is 11.8. The minimum absolute atomic E-state index is 0.0793. The van der Waals surface area contributed by atoms with E-state index in [1.54, 1.807) is 4.90 Å². The van der Waals surface area contributed by atoms with Crippen LogP contribution < -0.4 is 5.32 Å². The van der Waals surface area contributed by atoms with Gasteiger partial charge < -0.3 is 14.6 Å². The van der Waals surface area contributed by atoms with E-state index in [4.69, 9.17) is 4.42 Å². The lowest BCUT2D eigenvalue weighted by Gasteiger charge is -2.18. The van der Waals surface area contributed by atoms with Gasteiger partial charge in [-0.25, -0.2) is 0 Å². The van der Waals surface area contributed by atoms with Crippen LogP contribution in [0.15, 0.2) is 70.3 Å². The molecule has 0 saturated carbocycles.